The number of carbonyl (C=O) groups is 1. The maximum atomic E-state index is 11.8. The summed E-state index contributed by atoms with van der Waals surface area (Å²) in [4.78, 5) is 18.1. The van der Waals surface area contributed by atoms with Crippen LogP contribution in [-0.2, 0) is 6.42 Å². The highest BCUT2D eigenvalue weighted by atomic mass is 16.2. The van der Waals surface area contributed by atoms with Gasteiger partial charge in [0.25, 0.3) is 5.91 Å². The van der Waals surface area contributed by atoms with Gasteiger partial charge in [0.2, 0.25) is 0 Å². The first-order valence-electron chi connectivity index (χ1n) is 4.98. The number of amides is 1. The van der Waals surface area contributed by atoms with Crippen molar-refractivity contribution in [3.63, 3.8) is 0 Å². The van der Waals surface area contributed by atoms with E-state index in [0.717, 1.165) is 36.5 Å². The average molecular weight is 190 g/mol. The van der Waals surface area contributed by atoms with E-state index in [0.29, 0.717) is 0 Å². The molecule has 2 heterocycles. The molecule has 14 heavy (non-hydrogen) atoms. The largest absolute Gasteiger partial charge is 0.338 e. The lowest BCUT2D eigenvalue weighted by Crippen LogP contribution is -2.37. The van der Waals surface area contributed by atoms with Crippen LogP contribution < -0.4 is 0 Å². The van der Waals surface area contributed by atoms with Crippen molar-refractivity contribution in [3.05, 3.63) is 29.1 Å². The molecule has 1 aliphatic rings. The molecule has 0 unspecified atom stereocenters. The average Bonchev–Trinajstić information content (AvgIpc) is 2.18. The molecule has 0 N–H and O–H groups in total. The Morgan fingerprint density at radius 1 is 1.50 bits per heavy atom. The van der Waals surface area contributed by atoms with Gasteiger partial charge in [-0.2, -0.15) is 0 Å². The third kappa shape index (κ3) is 1.39. The predicted molar refractivity (Wildman–Crippen MR) is 54.3 cm³/mol. The number of hydrogen-bond acceptors (Lipinski definition) is 2. The van der Waals surface area contributed by atoms with Gasteiger partial charge in [-0.15, -0.1) is 0 Å². The third-order valence-electron chi connectivity index (χ3n) is 2.63. The molecule has 74 valence electrons. The van der Waals surface area contributed by atoms with Crippen molar-refractivity contribution in [1.82, 2.24) is 9.88 Å². The number of aryl methyl sites for hydroxylation is 1. The van der Waals surface area contributed by atoms with Crippen molar-refractivity contribution in [3.8, 4) is 0 Å². The topological polar surface area (TPSA) is 33.2 Å². The van der Waals surface area contributed by atoms with Gasteiger partial charge in [0.05, 0.1) is 11.3 Å². The summed E-state index contributed by atoms with van der Waals surface area (Å²) in [5.41, 5.74) is 2.73. The van der Waals surface area contributed by atoms with Crippen LogP contribution in [0.25, 0.3) is 0 Å². The number of pyridine rings is 1. The first-order chi connectivity index (χ1) is 6.72. The van der Waals surface area contributed by atoms with Crippen LogP contribution in [0.4, 0.5) is 0 Å². The van der Waals surface area contributed by atoms with Gasteiger partial charge >= 0.3 is 0 Å². The molecule has 0 atom stereocenters. The van der Waals surface area contributed by atoms with Crippen LogP contribution in [0.1, 0.15) is 28.7 Å². The van der Waals surface area contributed by atoms with Gasteiger partial charge in [-0.25, -0.2) is 0 Å². The van der Waals surface area contributed by atoms with E-state index in [1.54, 1.807) is 0 Å². The Bertz CT molecular complexity index is 374. The summed E-state index contributed by atoms with van der Waals surface area (Å²) < 4.78 is 0. The van der Waals surface area contributed by atoms with E-state index in [-0.39, 0.29) is 5.91 Å². The molecular weight excluding hydrogens is 176 g/mol. The first-order valence-corrected chi connectivity index (χ1v) is 4.98. The molecule has 0 bridgehead atoms. The summed E-state index contributed by atoms with van der Waals surface area (Å²) in [7, 11) is 0. The number of aromatic nitrogens is 1. The van der Waals surface area contributed by atoms with Gasteiger partial charge < -0.3 is 4.90 Å². The molecule has 0 aliphatic carbocycles. The Labute approximate surface area is 83.8 Å². The van der Waals surface area contributed by atoms with Gasteiger partial charge in [0, 0.05) is 25.2 Å². The maximum absolute atomic E-state index is 11.8. The fraction of sp³-hybridized carbons (Fsp3) is 0.455. The minimum absolute atomic E-state index is 0.126. The molecule has 1 amide bonds. The van der Waals surface area contributed by atoms with Crippen LogP contribution >= 0.6 is 0 Å². The molecular formula is C11H14N2O. The number of likely N-dealkylation sites (N-methyl/N-ethyl adjacent to an activating group) is 1. The highest BCUT2D eigenvalue weighted by molar-refractivity contribution is 5.96. The summed E-state index contributed by atoms with van der Waals surface area (Å²) >= 11 is 0. The van der Waals surface area contributed by atoms with Crippen molar-refractivity contribution >= 4 is 5.91 Å². The number of fused-ring (bicyclic) bond motifs is 1. The highest BCUT2D eigenvalue weighted by Gasteiger charge is 2.23. The summed E-state index contributed by atoms with van der Waals surface area (Å²) in [6.45, 7) is 5.55. The minimum Gasteiger partial charge on any atom is -0.338 e. The van der Waals surface area contributed by atoms with Crippen LogP contribution in [0.15, 0.2) is 12.1 Å². The standard InChI is InChI=1S/C11H14N2O/c1-3-13-7-6-10-9(11(13)14)5-4-8(2)12-10/h4-5H,3,6-7H2,1-2H3. The quantitative estimate of drug-likeness (QED) is 0.670. The molecule has 0 saturated carbocycles. The van der Waals surface area contributed by atoms with E-state index in [1.807, 2.05) is 30.9 Å². The molecule has 0 spiro atoms. The van der Waals surface area contributed by atoms with Gasteiger partial charge in [-0.3, -0.25) is 9.78 Å². The Kier molecular flexibility index (Phi) is 2.23. The van der Waals surface area contributed by atoms with Crippen molar-refractivity contribution in [2.45, 2.75) is 20.3 Å². The molecule has 0 saturated heterocycles. The lowest BCUT2D eigenvalue weighted by molar-refractivity contribution is 0.0747. The highest BCUT2D eigenvalue weighted by Crippen LogP contribution is 2.17. The van der Waals surface area contributed by atoms with Gasteiger partial charge in [0.15, 0.2) is 0 Å². The normalized spacial score (nSPS) is 15.6. The van der Waals surface area contributed by atoms with Crippen molar-refractivity contribution in [2.24, 2.45) is 0 Å². The van der Waals surface area contributed by atoms with Crippen molar-refractivity contribution in [2.75, 3.05) is 13.1 Å². The molecule has 1 aromatic rings. The molecule has 3 heteroatoms. The maximum Gasteiger partial charge on any atom is 0.255 e. The summed E-state index contributed by atoms with van der Waals surface area (Å²) in [5, 5.41) is 0. The van der Waals surface area contributed by atoms with E-state index in [9.17, 15) is 4.79 Å². The molecule has 1 aromatic heterocycles. The predicted octanol–water partition coefficient (Wildman–Crippen LogP) is 1.41. The van der Waals surface area contributed by atoms with E-state index >= 15 is 0 Å². The van der Waals surface area contributed by atoms with Gasteiger partial charge in [-0.1, -0.05) is 0 Å². The monoisotopic (exact) mass is 190 g/mol. The smallest absolute Gasteiger partial charge is 0.255 e. The first kappa shape index (κ1) is 9.19. The molecule has 0 radical (unpaired) electrons. The zero-order chi connectivity index (χ0) is 10.1. The molecule has 3 nitrogen and oxygen atoms in total. The summed E-state index contributed by atoms with van der Waals surface area (Å²) in [6.07, 6.45) is 0.886. The Balaban J connectivity index is 2.41. The summed E-state index contributed by atoms with van der Waals surface area (Å²) in [6, 6.07) is 3.79. The van der Waals surface area contributed by atoms with Gasteiger partial charge in [-0.05, 0) is 26.0 Å². The second-order valence-corrected chi connectivity index (χ2v) is 3.58. The zero-order valence-corrected chi connectivity index (χ0v) is 8.58. The number of nitrogens with zero attached hydrogens (tertiary/aromatic N) is 2. The van der Waals surface area contributed by atoms with E-state index in [4.69, 9.17) is 0 Å². The Morgan fingerprint density at radius 3 is 3.00 bits per heavy atom. The van der Waals surface area contributed by atoms with E-state index in [2.05, 4.69) is 4.98 Å². The molecule has 1 aliphatic heterocycles. The second-order valence-electron chi connectivity index (χ2n) is 3.58. The Hall–Kier alpha value is -1.38. The van der Waals surface area contributed by atoms with Crippen LogP contribution in [-0.4, -0.2) is 28.9 Å². The number of hydrogen-bond donors (Lipinski definition) is 0. The zero-order valence-electron chi connectivity index (χ0n) is 8.58. The van der Waals surface area contributed by atoms with E-state index < -0.39 is 0 Å². The third-order valence-corrected chi connectivity index (χ3v) is 2.63. The molecule has 2 rings (SSSR count). The van der Waals surface area contributed by atoms with Crippen LogP contribution in [0.3, 0.4) is 0 Å². The Morgan fingerprint density at radius 2 is 2.29 bits per heavy atom. The SMILES string of the molecule is CCN1CCc2nc(C)ccc2C1=O. The minimum atomic E-state index is 0.126. The fourth-order valence-corrected chi connectivity index (χ4v) is 1.81. The lowest BCUT2D eigenvalue weighted by Gasteiger charge is -2.26. The fourth-order valence-electron chi connectivity index (χ4n) is 1.81. The van der Waals surface area contributed by atoms with Crippen molar-refractivity contribution in [1.29, 1.82) is 0 Å². The van der Waals surface area contributed by atoms with Crippen molar-refractivity contribution < 1.29 is 4.79 Å². The number of rotatable bonds is 1. The van der Waals surface area contributed by atoms with Crippen LogP contribution in [0.5, 0.6) is 0 Å². The van der Waals surface area contributed by atoms with E-state index in [1.165, 1.54) is 0 Å². The molecule has 0 fully saturated rings. The lowest BCUT2D eigenvalue weighted by atomic mass is 10.0. The number of carbonyl (C=O) groups excluding carboxylic acids is 1. The van der Waals surface area contributed by atoms with Gasteiger partial charge in [0.1, 0.15) is 0 Å². The molecule has 0 aromatic carbocycles. The van der Waals surface area contributed by atoms with Crippen LogP contribution in [0.2, 0.25) is 0 Å². The summed E-state index contributed by atoms with van der Waals surface area (Å²) in [5.74, 6) is 0.126. The second kappa shape index (κ2) is 3.40. The van der Waals surface area contributed by atoms with Crippen LogP contribution in [0, 0.1) is 6.92 Å².